The van der Waals surface area contributed by atoms with Gasteiger partial charge in [-0.15, -0.1) is 0 Å². The highest BCUT2D eigenvalue weighted by Gasteiger charge is 2.36. The maximum Gasteiger partial charge on any atom is 0.264 e. The van der Waals surface area contributed by atoms with Crippen LogP contribution in [0.3, 0.4) is 0 Å². The van der Waals surface area contributed by atoms with Gasteiger partial charge in [-0.05, 0) is 34.7 Å². The third-order valence-electron chi connectivity index (χ3n) is 4.01. The molecule has 2 aliphatic heterocycles. The zero-order valence-electron chi connectivity index (χ0n) is 13.9. The topological polar surface area (TPSA) is 85.3 Å². The first-order valence-corrected chi connectivity index (χ1v) is 10.4. The van der Waals surface area contributed by atoms with Crippen LogP contribution in [0.1, 0.15) is 17.5 Å². The zero-order valence-corrected chi connectivity index (χ0v) is 16.8. The Hall–Kier alpha value is -1.75. The van der Waals surface area contributed by atoms with E-state index in [-0.39, 0.29) is 12.2 Å². The van der Waals surface area contributed by atoms with Crippen molar-refractivity contribution in [2.75, 3.05) is 31.4 Å². The molecule has 0 N–H and O–H groups in total. The van der Waals surface area contributed by atoms with Crippen LogP contribution in [0.4, 0.5) is 10.1 Å². The maximum atomic E-state index is 14.2. The lowest BCUT2D eigenvalue weighted by atomic mass is 9.89. The van der Waals surface area contributed by atoms with Crippen molar-refractivity contribution in [3.63, 3.8) is 0 Å². The summed E-state index contributed by atoms with van der Waals surface area (Å²) in [4.78, 5) is 18.2. The van der Waals surface area contributed by atoms with E-state index in [2.05, 4.69) is 5.16 Å². The van der Waals surface area contributed by atoms with E-state index in [1.54, 1.807) is 0 Å². The van der Waals surface area contributed by atoms with Gasteiger partial charge in [-0.1, -0.05) is 5.16 Å². The van der Waals surface area contributed by atoms with Gasteiger partial charge in [0.25, 0.3) is 10.1 Å². The van der Waals surface area contributed by atoms with Crippen molar-refractivity contribution in [3.05, 3.63) is 38.4 Å². The predicted octanol–water partition coefficient (Wildman–Crippen LogP) is 2.24. The van der Waals surface area contributed by atoms with Crippen LogP contribution in [0.5, 0.6) is 0 Å². The molecular weight excluding hydrogens is 478 g/mol. The lowest BCUT2D eigenvalue weighted by molar-refractivity contribution is 0.212. The summed E-state index contributed by atoms with van der Waals surface area (Å²) in [6.07, 6.45) is 1.41. The minimum absolute atomic E-state index is 0.156. The summed E-state index contributed by atoms with van der Waals surface area (Å²) in [7, 11) is -2.28. The molecule has 0 saturated heterocycles. The fraction of sp³-hybridized carbons (Fsp3) is 0.312. The van der Waals surface area contributed by atoms with Crippen LogP contribution in [0.25, 0.3) is 5.57 Å². The number of carbonyl (C=O) groups excluding carboxylic acids is 1. The van der Waals surface area contributed by atoms with Crippen molar-refractivity contribution in [3.8, 4) is 0 Å². The first kappa shape index (κ1) is 19.0. The Balaban J connectivity index is 2.23. The van der Waals surface area contributed by atoms with Crippen LogP contribution < -0.4 is 4.90 Å². The standard InChI is InChI=1S/C16H14FIN2O5S/c1-24-19-13-3-4-20-14(8-25-26(2,22)23)15(18)12(7-21)10-5-9(17)6-11(13)16(10)20/h5-6H,3-4,8H2,1-2H3. The Morgan fingerprint density at radius 2 is 2.08 bits per heavy atom. The second kappa shape index (κ2) is 7.10. The van der Waals surface area contributed by atoms with Gasteiger partial charge in [0.1, 0.15) is 25.5 Å². The van der Waals surface area contributed by atoms with Crippen molar-refractivity contribution in [1.29, 1.82) is 0 Å². The monoisotopic (exact) mass is 492 g/mol. The summed E-state index contributed by atoms with van der Waals surface area (Å²) in [6, 6.07) is 2.58. The van der Waals surface area contributed by atoms with Gasteiger partial charge < -0.3 is 9.74 Å². The summed E-state index contributed by atoms with van der Waals surface area (Å²) >= 11 is 1.92. The molecular formula is C16H14FIN2O5S. The van der Waals surface area contributed by atoms with Crippen LogP contribution in [0.15, 0.2) is 26.6 Å². The van der Waals surface area contributed by atoms with Crippen molar-refractivity contribution >= 4 is 55.6 Å². The zero-order chi connectivity index (χ0) is 19.1. The van der Waals surface area contributed by atoms with Crippen molar-refractivity contribution in [1.82, 2.24) is 0 Å². The van der Waals surface area contributed by atoms with Crippen LogP contribution in [-0.4, -0.2) is 46.6 Å². The van der Waals surface area contributed by atoms with Gasteiger partial charge in [-0.2, -0.15) is 8.42 Å². The van der Waals surface area contributed by atoms with Crippen molar-refractivity contribution in [2.24, 2.45) is 5.16 Å². The molecule has 1 aromatic rings. The summed E-state index contributed by atoms with van der Waals surface area (Å²) < 4.78 is 42.4. The first-order chi connectivity index (χ1) is 12.3. The Morgan fingerprint density at radius 1 is 1.38 bits per heavy atom. The van der Waals surface area contributed by atoms with E-state index in [0.717, 1.165) is 6.26 Å². The molecule has 0 aromatic heterocycles. The molecule has 10 heteroatoms. The minimum atomic E-state index is -3.67. The highest BCUT2D eigenvalue weighted by molar-refractivity contribution is 14.1. The number of nitrogens with zero attached hydrogens (tertiary/aromatic N) is 2. The van der Waals surface area contributed by atoms with E-state index >= 15 is 0 Å². The van der Waals surface area contributed by atoms with Crippen LogP contribution in [0.2, 0.25) is 0 Å². The van der Waals surface area contributed by atoms with Gasteiger partial charge in [0, 0.05) is 24.1 Å². The third-order valence-corrected chi connectivity index (χ3v) is 5.72. The van der Waals surface area contributed by atoms with E-state index in [0.29, 0.717) is 44.8 Å². The Bertz CT molecular complexity index is 996. The molecule has 1 aromatic carbocycles. The molecule has 0 spiro atoms. The molecule has 0 saturated carbocycles. The number of allylic oxidation sites excluding steroid dienone is 2. The van der Waals surface area contributed by atoms with E-state index in [1.165, 1.54) is 19.2 Å². The molecule has 0 radical (unpaired) electrons. The molecule has 0 atom stereocenters. The first-order valence-electron chi connectivity index (χ1n) is 7.47. The van der Waals surface area contributed by atoms with Gasteiger partial charge in [0.2, 0.25) is 0 Å². The summed E-state index contributed by atoms with van der Waals surface area (Å²) in [5.74, 6) is 1.32. The van der Waals surface area contributed by atoms with Gasteiger partial charge in [0.15, 0.2) is 0 Å². The molecule has 2 heterocycles. The molecule has 3 rings (SSSR count). The molecule has 0 unspecified atom stereocenters. The second-order valence-corrected chi connectivity index (χ2v) is 8.40. The number of benzene rings is 1. The smallest absolute Gasteiger partial charge is 0.264 e. The van der Waals surface area contributed by atoms with Crippen LogP contribution in [0, 0.1) is 5.82 Å². The third kappa shape index (κ3) is 3.41. The Kier molecular flexibility index (Phi) is 5.20. The number of hydrogen-bond acceptors (Lipinski definition) is 7. The van der Waals surface area contributed by atoms with E-state index in [4.69, 9.17) is 9.02 Å². The lowest BCUT2D eigenvalue weighted by Gasteiger charge is -2.38. The number of hydrogen-bond donors (Lipinski definition) is 0. The minimum Gasteiger partial charge on any atom is -0.399 e. The molecule has 0 amide bonds. The van der Waals surface area contributed by atoms with Crippen LogP contribution in [-0.2, 0) is 23.9 Å². The average molecular weight is 492 g/mol. The quantitative estimate of drug-likeness (QED) is 0.278. The molecule has 7 nitrogen and oxygen atoms in total. The van der Waals surface area contributed by atoms with Gasteiger partial charge in [-0.25, -0.2) is 9.18 Å². The largest absolute Gasteiger partial charge is 0.399 e. The molecule has 2 aliphatic rings. The lowest BCUT2D eigenvalue weighted by Crippen LogP contribution is -2.37. The fourth-order valence-corrected chi connectivity index (χ4v) is 4.20. The number of rotatable bonds is 4. The number of anilines is 1. The van der Waals surface area contributed by atoms with Crippen molar-refractivity contribution < 1.29 is 26.6 Å². The fourth-order valence-electron chi connectivity index (χ4n) is 3.02. The summed E-state index contributed by atoms with van der Waals surface area (Å²) in [6.45, 7) is 0.213. The average Bonchev–Trinajstić information content (AvgIpc) is 2.55. The molecule has 138 valence electrons. The Morgan fingerprint density at radius 3 is 2.69 bits per heavy atom. The van der Waals surface area contributed by atoms with E-state index < -0.39 is 15.9 Å². The van der Waals surface area contributed by atoms with Gasteiger partial charge in [0.05, 0.1) is 32.5 Å². The van der Waals surface area contributed by atoms with E-state index in [9.17, 15) is 17.6 Å². The SMILES string of the molecule is CON=C1CCN2C(COS(C)(=O)=O)=C(I)C(=C=O)c3cc(F)cc1c32. The summed E-state index contributed by atoms with van der Waals surface area (Å²) in [5.41, 5.74) is 2.64. The summed E-state index contributed by atoms with van der Waals surface area (Å²) in [5, 5.41) is 3.95. The van der Waals surface area contributed by atoms with Crippen molar-refractivity contribution in [2.45, 2.75) is 6.42 Å². The van der Waals surface area contributed by atoms with E-state index in [1.807, 2.05) is 33.4 Å². The number of oxime groups is 1. The molecule has 26 heavy (non-hydrogen) atoms. The normalized spacial score (nSPS) is 18.1. The second-order valence-electron chi connectivity index (χ2n) is 5.68. The highest BCUT2D eigenvalue weighted by Crippen LogP contribution is 2.46. The van der Waals surface area contributed by atoms with Gasteiger partial charge >= 0.3 is 0 Å². The highest BCUT2D eigenvalue weighted by atomic mass is 127. The maximum absolute atomic E-state index is 14.2. The van der Waals surface area contributed by atoms with Crippen LogP contribution >= 0.6 is 22.6 Å². The number of halogens is 2. The molecule has 0 aliphatic carbocycles. The predicted molar refractivity (Wildman–Crippen MR) is 103 cm³/mol. The molecule has 0 fully saturated rings. The van der Waals surface area contributed by atoms with Gasteiger partial charge in [-0.3, -0.25) is 4.18 Å². The Labute approximate surface area is 163 Å². The molecule has 0 bridgehead atoms.